The summed E-state index contributed by atoms with van der Waals surface area (Å²) in [6.45, 7) is 0. The second-order valence-electron chi connectivity index (χ2n) is 4.55. The summed E-state index contributed by atoms with van der Waals surface area (Å²) in [5, 5.41) is 0. The predicted molar refractivity (Wildman–Crippen MR) is 83.0 cm³/mol. The molecule has 4 nitrogen and oxygen atoms in total. The number of rotatable bonds is 6. The highest BCUT2D eigenvalue weighted by molar-refractivity contribution is 9.10. The summed E-state index contributed by atoms with van der Waals surface area (Å²) in [6.07, 6.45) is -8.61. The van der Waals surface area contributed by atoms with Gasteiger partial charge in [-0.3, -0.25) is 4.72 Å². The maximum Gasteiger partial charge on any atom is 0.461 e. The molecule has 0 saturated carbocycles. The molecule has 0 heterocycles. The van der Waals surface area contributed by atoms with Crippen LogP contribution in [0.15, 0.2) is 57.9 Å². The number of ether oxygens (including phenoxy) is 1. The molecule has 0 aromatic heterocycles. The summed E-state index contributed by atoms with van der Waals surface area (Å²) in [5.41, 5.74) is 0.0608. The smallest absolute Gasteiger partial charge is 0.428 e. The zero-order valence-electron chi connectivity index (χ0n) is 11.7. The molecule has 2 aromatic rings. The highest BCUT2D eigenvalue weighted by atomic mass is 79.9. The second-order valence-corrected chi connectivity index (χ2v) is 7.15. The van der Waals surface area contributed by atoms with Crippen LogP contribution in [0.4, 0.5) is 23.2 Å². The number of alkyl halides is 4. The zero-order valence-corrected chi connectivity index (χ0v) is 14.1. The lowest BCUT2D eigenvalue weighted by Crippen LogP contribution is -2.33. The fourth-order valence-electron chi connectivity index (χ4n) is 1.62. The Bertz CT molecular complexity index is 796. The fourth-order valence-corrected chi connectivity index (χ4v) is 2.94. The molecule has 0 unspecified atom stereocenters. The van der Waals surface area contributed by atoms with Gasteiger partial charge < -0.3 is 4.74 Å². The Morgan fingerprint density at radius 3 is 2.04 bits per heavy atom. The Hall–Kier alpha value is -1.81. The highest BCUT2D eigenvalue weighted by Crippen LogP contribution is 2.28. The molecule has 130 valence electrons. The molecule has 0 aliphatic rings. The van der Waals surface area contributed by atoms with Gasteiger partial charge in [0, 0.05) is 10.2 Å². The van der Waals surface area contributed by atoms with Crippen LogP contribution >= 0.6 is 15.9 Å². The number of benzene rings is 2. The summed E-state index contributed by atoms with van der Waals surface area (Å²) in [7, 11) is -3.87. The van der Waals surface area contributed by atoms with Crippen molar-refractivity contribution in [3.8, 4) is 5.75 Å². The van der Waals surface area contributed by atoms with Gasteiger partial charge in [-0.05, 0) is 48.5 Å². The van der Waals surface area contributed by atoms with Crippen LogP contribution in [0, 0.1) is 0 Å². The summed E-state index contributed by atoms with van der Waals surface area (Å²) < 4.78 is 80.7. The van der Waals surface area contributed by atoms with Gasteiger partial charge in [-0.15, -0.1) is 0 Å². The number of sulfonamides is 1. The van der Waals surface area contributed by atoms with Gasteiger partial charge in [0.1, 0.15) is 5.75 Å². The molecule has 0 atom stereocenters. The van der Waals surface area contributed by atoms with Crippen LogP contribution in [-0.2, 0) is 10.0 Å². The maximum atomic E-state index is 12.8. The van der Waals surface area contributed by atoms with Gasteiger partial charge in [0.2, 0.25) is 0 Å². The molecule has 1 N–H and O–H groups in total. The fraction of sp³-hybridized carbons (Fsp3) is 0.143. The van der Waals surface area contributed by atoms with Crippen LogP contribution in [0.5, 0.6) is 5.75 Å². The molecular weight excluding hydrogens is 418 g/mol. The third-order valence-electron chi connectivity index (χ3n) is 2.74. The van der Waals surface area contributed by atoms with E-state index in [9.17, 15) is 26.0 Å². The monoisotopic (exact) mass is 427 g/mol. The Labute approximate surface area is 143 Å². The molecule has 2 rings (SSSR count). The van der Waals surface area contributed by atoms with Gasteiger partial charge >= 0.3 is 12.5 Å². The van der Waals surface area contributed by atoms with E-state index in [-0.39, 0.29) is 10.6 Å². The molecule has 2 aromatic carbocycles. The molecular formula is C14H10BrF4NO3S. The Kier molecular flexibility index (Phi) is 5.38. The summed E-state index contributed by atoms with van der Waals surface area (Å²) in [5.74, 6) is -0.521. The molecule has 0 amide bonds. The van der Waals surface area contributed by atoms with E-state index in [0.717, 1.165) is 24.3 Å². The molecule has 0 bridgehead atoms. The van der Waals surface area contributed by atoms with Crippen molar-refractivity contribution in [2.24, 2.45) is 0 Å². The molecule has 0 aliphatic carbocycles. The van der Waals surface area contributed by atoms with Crippen LogP contribution in [0.25, 0.3) is 0 Å². The summed E-state index contributed by atoms with van der Waals surface area (Å²) in [6, 6.07) is 9.96. The van der Waals surface area contributed by atoms with E-state index >= 15 is 0 Å². The molecule has 0 spiro atoms. The Morgan fingerprint density at radius 1 is 1.00 bits per heavy atom. The van der Waals surface area contributed by atoms with Crippen molar-refractivity contribution in [3.05, 3.63) is 53.0 Å². The second kappa shape index (κ2) is 6.98. The van der Waals surface area contributed by atoms with Crippen molar-refractivity contribution in [1.82, 2.24) is 0 Å². The van der Waals surface area contributed by atoms with Crippen molar-refractivity contribution in [3.63, 3.8) is 0 Å². The van der Waals surface area contributed by atoms with Crippen molar-refractivity contribution in [2.45, 2.75) is 17.4 Å². The Morgan fingerprint density at radius 2 is 1.54 bits per heavy atom. The van der Waals surface area contributed by atoms with E-state index in [1.54, 1.807) is 0 Å². The quantitative estimate of drug-likeness (QED) is 0.691. The summed E-state index contributed by atoms with van der Waals surface area (Å²) >= 11 is 3.18. The van der Waals surface area contributed by atoms with Gasteiger partial charge in [-0.25, -0.2) is 8.42 Å². The molecule has 10 heteroatoms. The predicted octanol–water partition coefficient (Wildman–Crippen LogP) is 4.49. The van der Waals surface area contributed by atoms with Crippen molar-refractivity contribution in [2.75, 3.05) is 4.72 Å². The van der Waals surface area contributed by atoms with E-state index in [0.29, 0.717) is 4.47 Å². The topological polar surface area (TPSA) is 55.4 Å². The van der Waals surface area contributed by atoms with E-state index in [2.05, 4.69) is 25.4 Å². The first-order valence-corrected chi connectivity index (χ1v) is 8.61. The molecule has 0 radical (unpaired) electrons. The first-order chi connectivity index (χ1) is 11.1. The standard InChI is InChI=1S/C14H10BrF4NO3S/c15-9-1-7-12(8-2-9)24(21,22)20-10-3-5-11(6-4-10)23-14(18,19)13(16)17/h1-8,13,20H. The minimum absolute atomic E-state index is 0.00439. The van der Waals surface area contributed by atoms with Gasteiger partial charge in [0.05, 0.1) is 4.90 Å². The number of hydrogen-bond acceptors (Lipinski definition) is 3. The third kappa shape index (κ3) is 4.60. The van der Waals surface area contributed by atoms with Crippen LogP contribution in [0.1, 0.15) is 0 Å². The van der Waals surface area contributed by atoms with Crippen molar-refractivity contribution < 1.29 is 30.7 Å². The first kappa shape index (κ1) is 18.5. The summed E-state index contributed by atoms with van der Waals surface area (Å²) in [4.78, 5) is -0.00439. The largest absolute Gasteiger partial charge is 0.461 e. The van der Waals surface area contributed by atoms with Gasteiger partial charge in [-0.2, -0.15) is 17.6 Å². The van der Waals surface area contributed by atoms with Gasteiger partial charge in [-0.1, -0.05) is 15.9 Å². The minimum atomic E-state index is -4.63. The average Bonchev–Trinajstić information content (AvgIpc) is 2.49. The van der Waals surface area contributed by atoms with E-state index in [1.807, 2.05) is 0 Å². The van der Waals surface area contributed by atoms with Crippen LogP contribution < -0.4 is 9.46 Å². The molecule has 0 aliphatic heterocycles. The lowest BCUT2D eigenvalue weighted by Gasteiger charge is -2.17. The first-order valence-electron chi connectivity index (χ1n) is 6.33. The normalized spacial score (nSPS) is 12.2. The average molecular weight is 428 g/mol. The van der Waals surface area contributed by atoms with Crippen LogP contribution in [-0.4, -0.2) is 21.0 Å². The van der Waals surface area contributed by atoms with E-state index in [1.165, 1.54) is 24.3 Å². The number of nitrogens with one attached hydrogen (secondary N) is 1. The lowest BCUT2D eigenvalue weighted by atomic mass is 10.3. The van der Waals surface area contributed by atoms with E-state index in [4.69, 9.17) is 0 Å². The molecule has 0 fully saturated rings. The van der Waals surface area contributed by atoms with Gasteiger partial charge in [0.25, 0.3) is 10.0 Å². The molecule has 24 heavy (non-hydrogen) atoms. The maximum absolute atomic E-state index is 12.8. The Balaban J connectivity index is 2.12. The van der Waals surface area contributed by atoms with Gasteiger partial charge in [0.15, 0.2) is 0 Å². The lowest BCUT2D eigenvalue weighted by molar-refractivity contribution is -0.253. The highest BCUT2D eigenvalue weighted by Gasteiger charge is 2.43. The SMILES string of the molecule is O=S(=O)(Nc1ccc(OC(F)(F)C(F)F)cc1)c1ccc(Br)cc1. The zero-order chi connectivity index (χ0) is 18.0. The molecule has 0 saturated heterocycles. The van der Waals surface area contributed by atoms with Crippen LogP contribution in [0.2, 0.25) is 0 Å². The van der Waals surface area contributed by atoms with E-state index < -0.39 is 28.3 Å². The minimum Gasteiger partial charge on any atom is -0.428 e. The third-order valence-corrected chi connectivity index (χ3v) is 4.66. The van der Waals surface area contributed by atoms with Crippen molar-refractivity contribution >= 4 is 31.6 Å². The number of halogens is 5. The number of hydrogen-bond donors (Lipinski definition) is 1. The van der Waals surface area contributed by atoms with Crippen molar-refractivity contribution in [1.29, 1.82) is 0 Å². The number of anilines is 1. The van der Waals surface area contributed by atoms with Crippen LogP contribution in [0.3, 0.4) is 0 Å².